The van der Waals surface area contributed by atoms with E-state index in [4.69, 9.17) is 4.74 Å². The molecule has 0 aliphatic rings. The van der Waals surface area contributed by atoms with Gasteiger partial charge >= 0.3 is 5.97 Å². The normalized spacial score (nSPS) is 12.7. The molecule has 0 aromatic carbocycles. The lowest BCUT2D eigenvalue weighted by atomic mass is 10.0. The predicted octanol–water partition coefficient (Wildman–Crippen LogP) is 15.7. The lowest BCUT2D eigenvalue weighted by Crippen LogP contribution is -2.45. The van der Waals surface area contributed by atoms with Gasteiger partial charge in [-0.1, -0.05) is 257 Å². The molecule has 2 unspecified atom stereocenters. The van der Waals surface area contributed by atoms with Crippen LogP contribution in [0, 0.1) is 0 Å². The summed E-state index contributed by atoms with van der Waals surface area (Å²) in [5, 5.41) is 22.9. The number of nitrogens with one attached hydrogen (secondary N) is 1. The molecule has 0 heterocycles. The highest BCUT2D eigenvalue weighted by atomic mass is 16.5. The van der Waals surface area contributed by atoms with Gasteiger partial charge in [-0.15, -0.1) is 0 Å². The van der Waals surface area contributed by atoms with E-state index in [0.717, 1.165) is 57.8 Å². The number of aliphatic hydroxyl groups is 2. The number of allylic oxidation sites excluding steroid dienone is 1. The highest BCUT2D eigenvalue weighted by molar-refractivity contribution is 5.76. The Bertz CT molecular complexity index is 878. The summed E-state index contributed by atoms with van der Waals surface area (Å²) >= 11 is 0. The topological polar surface area (TPSA) is 95.9 Å². The van der Waals surface area contributed by atoms with Crippen molar-refractivity contribution in [3.05, 3.63) is 12.2 Å². The monoisotopic (exact) mass is 834 g/mol. The van der Waals surface area contributed by atoms with Crippen molar-refractivity contribution in [2.75, 3.05) is 13.2 Å². The molecule has 0 aromatic rings. The largest absolute Gasteiger partial charge is 0.466 e. The van der Waals surface area contributed by atoms with Gasteiger partial charge in [-0.3, -0.25) is 9.59 Å². The number of carbonyl (C=O) groups excluding carboxylic acids is 2. The zero-order valence-electron chi connectivity index (χ0n) is 39.7. The van der Waals surface area contributed by atoms with Crippen molar-refractivity contribution >= 4 is 11.9 Å². The Kier molecular flexibility index (Phi) is 48.1. The van der Waals surface area contributed by atoms with Crippen LogP contribution in [-0.2, 0) is 14.3 Å². The molecule has 6 heteroatoms. The van der Waals surface area contributed by atoms with Gasteiger partial charge in [0.2, 0.25) is 5.91 Å². The molecule has 1 amide bonds. The number of rotatable bonds is 49. The second-order valence-electron chi connectivity index (χ2n) is 18.2. The van der Waals surface area contributed by atoms with Gasteiger partial charge in [0.25, 0.3) is 0 Å². The lowest BCUT2D eigenvalue weighted by Gasteiger charge is -2.20. The Hall–Kier alpha value is -1.40. The van der Waals surface area contributed by atoms with Crippen molar-refractivity contribution < 1.29 is 24.5 Å². The number of carbonyl (C=O) groups is 2. The predicted molar refractivity (Wildman–Crippen MR) is 255 cm³/mol. The van der Waals surface area contributed by atoms with E-state index in [1.807, 2.05) is 6.08 Å². The molecule has 0 aromatic heterocycles. The SMILES string of the molecule is CCCCCCCCCC/C=C/C(O)C(CO)NC(=O)CCCCCCCCCCCCCCCCOC(=O)CCCCCCCCCCCCCCCCCCCC. The number of unbranched alkanes of at least 4 members (excludes halogenated alkanes) is 38. The van der Waals surface area contributed by atoms with Crippen molar-refractivity contribution in [1.82, 2.24) is 5.32 Å². The molecule has 0 spiro atoms. The molecule has 0 rings (SSSR count). The number of amides is 1. The first-order valence-corrected chi connectivity index (χ1v) is 26.5. The first kappa shape index (κ1) is 57.6. The zero-order valence-corrected chi connectivity index (χ0v) is 39.7. The maximum atomic E-state index is 12.4. The fourth-order valence-electron chi connectivity index (χ4n) is 8.22. The molecule has 0 aliphatic carbocycles. The fourth-order valence-corrected chi connectivity index (χ4v) is 8.22. The summed E-state index contributed by atoms with van der Waals surface area (Å²) in [5.74, 6) is -0.0787. The highest BCUT2D eigenvalue weighted by Gasteiger charge is 2.18. The summed E-state index contributed by atoms with van der Waals surface area (Å²) < 4.78 is 5.48. The third-order valence-electron chi connectivity index (χ3n) is 12.3. The van der Waals surface area contributed by atoms with E-state index >= 15 is 0 Å². The fraction of sp³-hybridized carbons (Fsp3) is 0.925. The van der Waals surface area contributed by atoms with Crippen LogP contribution in [0.1, 0.15) is 290 Å². The Balaban J connectivity index is 3.40. The van der Waals surface area contributed by atoms with Crippen LogP contribution < -0.4 is 5.32 Å². The van der Waals surface area contributed by atoms with Crippen molar-refractivity contribution in [2.45, 2.75) is 302 Å². The Morgan fingerprint density at radius 3 is 1.15 bits per heavy atom. The molecule has 0 bridgehead atoms. The molecular formula is C53H103NO5. The van der Waals surface area contributed by atoms with Crippen LogP contribution in [0.4, 0.5) is 0 Å². The third kappa shape index (κ3) is 45.9. The molecule has 3 N–H and O–H groups in total. The van der Waals surface area contributed by atoms with E-state index in [1.54, 1.807) is 6.08 Å². The van der Waals surface area contributed by atoms with Gasteiger partial charge in [0, 0.05) is 12.8 Å². The molecule has 0 radical (unpaired) electrons. The van der Waals surface area contributed by atoms with Crippen LogP contribution in [0.5, 0.6) is 0 Å². The van der Waals surface area contributed by atoms with Crippen LogP contribution >= 0.6 is 0 Å². The van der Waals surface area contributed by atoms with Crippen molar-refractivity contribution in [2.24, 2.45) is 0 Å². The van der Waals surface area contributed by atoms with Gasteiger partial charge in [0.05, 0.1) is 25.4 Å². The minimum absolute atomic E-state index is 0.000739. The minimum atomic E-state index is -0.848. The van der Waals surface area contributed by atoms with Crippen LogP contribution in [0.25, 0.3) is 0 Å². The highest BCUT2D eigenvalue weighted by Crippen LogP contribution is 2.17. The second-order valence-corrected chi connectivity index (χ2v) is 18.2. The summed E-state index contributed by atoms with van der Waals surface area (Å²) in [4.78, 5) is 24.4. The van der Waals surface area contributed by atoms with Crippen LogP contribution in [-0.4, -0.2) is 47.4 Å². The molecule has 0 saturated heterocycles. The summed E-state index contributed by atoms with van der Waals surface area (Å²) in [6, 6.07) is -0.633. The van der Waals surface area contributed by atoms with Gasteiger partial charge in [-0.05, 0) is 32.1 Å². The first-order chi connectivity index (χ1) is 29.0. The zero-order chi connectivity index (χ0) is 43.0. The Morgan fingerprint density at radius 2 is 0.780 bits per heavy atom. The Morgan fingerprint density at radius 1 is 0.458 bits per heavy atom. The molecule has 0 fully saturated rings. The average molecular weight is 834 g/mol. The summed E-state index contributed by atoms with van der Waals surface area (Å²) in [6.45, 7) is 4.87. The Labute approximate surface area is 368 Å². The van der Waals surface area contributed by atoms with E-state index in [2.05, 4.69) is 19.2 Å². The van der Waals surface area contributed by atoms with Crippen LogP contribution in [0.15, 0.2) is 12.2 Å². The number of hydrogen-bond donors (Lipinski definition) is 3. The summed E-state index contributed by atoms with van der Waals surface area (Å²) in [6.07, 6.45) is 56.5. The number of aliphatic hydroxyl groups excluding tert-OH is 2. The standard InChI is InChI=1S/C53H103NO5/c1-3-5-7-9-11-13-15-16-17-18-19-20-24-27-31-35-39-43-47-53(58)59-48-44-40-36-32-28-25-22-21-23-26-30-34-38-42-46-52(57)54-50(49-55)51(56)45-41-37-33-29-14-12-10-8-6-4-2/h41,45,50-51,55-56H,3-40,42-44,46-49H2,1-2H3,(H,54,57)/b45-41+. The molecule has 2 atom stereocenters. The summed E-state index contributed by atoms with van der Waals surface area (Å²) in [7, 11) is 0. The molecule has 0 saturated carbocycles. The second kappa shape index (κ2) is 49.3. The number of hydrogen-bond acceptors (Lipinski definition) is 5. The van der Waals surface area contributed by atoms with E-state index in [0.29, 0.717) is 19.4 Å². The van der Waals surface area contributed by atoms with Gasteiger partial charge in [0.1, 0.15) is 0 Å². The number of esters is 1. The molecule has 350 valence electrons. The van der Waals surface area contributed by atoms with Crippen LogP contribution in [0.3, 0.4) is 0 Å². The van der Waals surface area contributed by atoms with Crippen LogP contribution in [0.2, 0.25) is 0 Å². The smallest absolute Gasteiger partial charge is 0.305 e. The van der Waals surface area contributed by atoms with E-state index in [1.165, 1.54) is 205 Å². The van der Waals surface area contributed by atoms with Gasteiger partial charge in [-0.25, -0.2) is 0 Å². The third-order valence-corrected chi connectivity index (χ3v) is 12.3. The number of ether oxygens (including phenoxy) is 1. The van der Waals surface area contributed by atoms with E-state index in [-0.39, 0.29) is 18.5 Å². The maximum absolute atomic E-state index is 12.4. The van der Waals surface area contributed by atoms with Crippen molar-refractivity contribution in [3.63, 3.8) is 0 Å². The van der Waals surface area contributed by atoms with E-state index < -0.39 is 12.1 Å². The summed E-state index contributed by atoms with van der Waals surface area (Å²) in [5.41, 5.74) is 0. The molecular weight excluding hydrogens is 731 g/mol. The quantitative estimate of drug-likeness (QED) is 0.0322. The van der Waals surface area contributed by atoms with Gasteiger partial charge < -0.3 is 20.3 Å². The van der Waals surface area contributed by atoms with Gasteiger partial charge in [-0.2, -0.15) is 0 Å². The van der Waals surface area contributed by atoms with E-state index in [9.17, 15) is 19.8 Å². The minimum Gasteiger partial charge on any atom is -0.466 e. The van der Waals surface area contributed by atoms with Crippen molar-refractivity contribution in [1.29, 1.82) is 0 Å². The molecule has 6 nitrogen and oxygen atoms in total. The lowest BCUT2D eigenvalue weighted by molar-refractivity contribution is -0.143. The molecule has 0 aliphatic heterocycles. The van der Waals surface area contributed by atoms with Crippen molar-refractivity contribution in [3.8, 4) is 0 Å². The first-order valence-electron chi connectivity index (χ1n) is 26.5. The molecule has 59 heavy (non-hydrogen) atoms. The maximum Gasteiger partial charge on any atom is 0.305 e. The van der Waals surface area contributed by atoms with Gasteiger partial charge in [0.15, 0.2) is 0 Å². The average Bonchev–Trinajstić information content (AvgIpc) is 3.24.